The molecular weight excluding hydrogens is 214 g/mol. The van der Waals surface area contributed by atoms with Gasteiger partial charge in [-0.05, 0) is 32.0 Å². The van der Waals surface area contributed by atoms with Crippen molar-refractivity contribution < 1.29 is 9.84 Å². The molecule has 0 aromatic heterocycles. The SMILES string of the molecule is Cc1ccc2c(c1)CC(CN(C)CCCO)O2. The Balaban J connectivity index is 1.87. The Morgan fingerprint density at radius 2 is 2.29 bits per heavy atom. The number of benzene rings is 1. The zero-order chi connectivity index (χ0) is 12.3. The number of ether oxygens (including phenoxy) is 1. The van der Waals surface area contributed by atoms with Crippen LogP contribution in [0.1, 0.15) is 17.5 Å². The van der Waals surface area contributed by atoms with E-state index < -0.39 is 0 Å². The van der Waals surface area contributed by atoms with Crippen molar-refractivity contribution in [3.63, 3.8) is 0 Å². The van der Waals surface area contributed by atoms with Crippen molar-refractivity contribution in [2.45, 2.75) is 25.9 Å². The van der Waals surface area contributed by atoms with Crippen LogP contribution in [0.25, 0.3) is 0 Å². The number of aliphatic hydroxyl groups excluding tert-OH is 1. The minimum absolute atomic E-state index is 0.259. The third-order valence-corrected chi connectivity index (χ3v) is 3.17. The molecule has 0 fully saturated rings. The van der Waals surface area contributed by atoms with Crippen molar-refractivity contribution in [3.8, 4) is 5.75 Å². The number of hydrogen-bond acceptors (Lipinski definition) is 3. The summed E-state index contributed by atoms with van der Waals surface area (Å²) < 4.78 is 5.91. The zero-order valence-corrected chi connectivity index (χ0v) is 10.6. The highest BCUT2D eigenvalue weighted by Crippen LogP contribution is 2.29. The first kappa shape index (κ1) is 12.4. The Bertz CT molecular complexity index is 378. The number of hydrogen-bond donors (Lipinski definition) is 1. The lowest BCUT2D eigenvalue weighted by molar-refractivity contribution is 0.160. The molecule has 0 bridgehead atoms. The quantitative estimate of drug-likeness (QED) is 0.841. The molecule has 1 atom stereocenters. The van der Waals surface area contributed by atoms with Gasteiger partial charge in [0.1, 0.15) is 11.9 Å². The van der Waals surface area contributed by atoms with E-state index in [2.05, 4.69) is 37.1 Å². The topological polar surface area (TPSA) is 32.7 Å². The van der Waals surface area contributed by atoms with Gasteiger partial charge < -0.3 is 14.7 Å². The van der Waals surface area contributed by atoms with E-state index in [1.54, 1.807) is 0 Å². The molecule has 3 nitrogen and oxygen atoms in total. The Labute approximate surface area is 103 Å². The maximum atomic E-state index is 8.79. The molecule has 1 heterocycles. The van der Waals surface area contributed by atoms with Crippen LogP contribution in [0.2, 0.25) is 0 Å². The number of nitrogens with zero attached hydrogens (tertiary/aromatic N) is 1. The van der Waals surface area contributed by atoms with Crippen LogP contribution in [0.15, 0.2) is 18.2 Å². The van der Waals surface area contributed by atoms with Gasteiger partial charge in [-0.15, -0.1) is 0 Å². The summed E-state index contributed by atoms with van der Waals surface area (Å²) in [6.07, 6.45) is 2.09. The van der Waals surface area contributed by atoms with E-state index in [9.17, 15) is 0 Å². The van der Waals surface area contributed by atoms with Gasteiger partial charge in [0.15, 0.2) is 0 Å². The largest absolute Gasteiger partial charge is 0.488 e. The van der Waals surface area contributed by atoms with E-state index in [4.69, 9.17) is 9.84 Å². The summed E-state index contributed by atoms with van der Waals surface area (Å²) in [5, 5.41) is 8.79. The molecule has 1 aromatic carbocycles. The summed E-state index contributed by atoms with van der Waals surface area (Å²) >= 11 is 0. The van der Waals surface area contributed by atoms with Crippen LogP contribution in [0.3, 0.4) is 0 Å². The number of fused-ring (bicyclic) bond motifs is 1. The molecule has 0 amide bonds. The van der Waals surface area contributed by atoms with Gasteiger partial charge in [-0.25, -0.2) is 0 Å². The fraction of sp³-hybridized carbons (Fsp3) is 0.571. The van der Waals surface area contributed by atoms with Crippen molar-refractivity contribution in [3.05, 3.63) is 29.3 Å². The Morgan fingerprint density at radius 1 is 1.47 bits per heavy atom. The summed E-state index contributed by atoms with van der Waals surface area (Å²) in [5.41, 5.74) is 2.62. The molecule has 1 unspecified atom stereocenters. The summed E-state index contributed by atoms with van der Waals surface area (Å²) in [7, 11) is 2.08. The molecule has 1 aliphatic rings. The van der Waals surface area contributed by atoms with Gasteiger partial charge in [0.2, 0.25) is 0 Å². The van der Waals surface area contributed by atoms with Crippen molar-refractivity contribution in [2.75, 3.05) is 26.7 Å². The number of aliphatic hydroxyl groups is 1. The van der Waals surface area contributed by atoms with Crippen molar-refractivity contribution in [1.82, 2.24) is 4.90 Å². The highest BCUT2D eigenvalue weighted by molar-refractivity contribution is 5.40. The van der Waals surface area contributed by atoms with Gasteiger partial charge in [-0.3, -0.25) is 0 Å². The lowest BCUT2D eigenvalue weighted by atomic mass is 10.1. The molecule has 3 heteroatoms. The molecular formula is C14H21NO2. The second kappa shape index (κ2) is 5.52. The summed E-state index contributed by atoms with van der Waals surface area (Å²) in [5.74, 6) is 1.04. The maximum Gasteiger partial charge on any atom is 0.123 e. The van der Waals surface area contributed by atoms with Crippen LogP contribution >= 0.6 is 0 Å². The van der Waals surface area contributed by atoms with E-state index in [0.29, 0.717) is 0 Å². The fourth-order valence-electron chi connectivity index (χ4n) is 2.33. The number of aryl methyl sites for hydroxylation is 1. The van der Waals surface area contributed by atoms with Crippen LogP contribution < -0.4 is 4.74 Å². The van der Waals surface area contributed by atoms with Gasteiger partial charge in [0.05, 0.1) is 0 Å². The van der Waals surface area contributed by atoms with E-state index in [1.165, 1.54) is 11.1 Å². The highest BCUT2D eigenvalue weighted by atomic mass is 16.5. The van der Waals surface area contributed by atoms with Crippen LogP contribution in [0, 0.1) is 6.92 Å². The van der Waals surface area contributed by atoms with Crippen LogP contribution in [0.5, 0.6) is 5.75 Å². The first-order valence-corrected chi connectivity index (χ1v) is 6.24. The molecule has 0 saturated heterocycles. The molecule has 1 aromatic rings. The van der Waals surface area contributed by atoms with Crippen LogP contribution in [0.4, 0.5) is 0 Å². The highest BCUT2D eigenvalue weighted by Gasteiger charge is 2.23. The molecule has 0 radical (unpaired) electrons. The lowest BCUT2D eigenvalue weighted by Gasteiger charge is -2.20. The Kier molecular flexibility index (Phi) is 4.02. The molecule has 94 valence electrons. The average Bonchev–Trinajstić information content (AvgIpc) is 2.67. The third-order valence-electron chi connectivity index (χ3n) is 3.17. The third kappa shape index (κ3) is 3.20. The smallest absolute Gasteiger partial charge is 0.123 e. The predicted octanol–water partition coefficient (Wildman–Crippen LogP) is 1.61. The molecule has 1 N–H and O–H groups in total. The molecule has 1 aliphatic heterocycles. The lowest BCUT2D eigenvalue weighted by Crippen LogP contribution is -2.32. The standard InChI is InChI=1S/C14H21NO2/c1-11-4-5-14-12(8-11)9-13(17-14)10-15(2)6-3-7-16/h4-5,8,13,16H,3,6-7,9-10H2,1-2H3. The molecule has 0 saturated carbocycles. The maximum absolute atomic E-state index is 8.79. The van der Waals surface area contributed by atoms with Crippen molar-refractivity contribution in [1.29, 1.82) is 0 Å². The van der Waals surface area contributed by atoms with Crippen molar-refractivity contribution >= 4 is 0 Å². The van der Waals surface area contributed by atoms with Crippen LogP contribution in [-0.2, 0) is 6.42 Å². The van der Waals surface area contributed by atoms with E-state index >= 15 is 0 Å². The Morgan fingerprint density at radius 3 is 3.06 bits per heavy atom. The normalized spacial score (nSPS) is 18.2. The summed E-state index contributed by atoms with van der Waals surface area (Å²) in [6, 6.07) is 6.37. The second-order valence-electron chi connectivity index (χ2n) is 4.89. The average molecular weight is 235 g/mol. The van der Waals surface area contributed by atoms with Gasteiger partial charge >= 0.3 is 0 Å². The monoisotopic (exact) mass is 235 g/mol. The minimum atomic E-state index is 0.259. The van der Waals surface area contributed by atoms with Crippen molar-refractivity contribution in [2.24, 2.45) is 0 Å². The first-order chi connectivity index (χ1) is 8.19. The summed E-state index contributed by atoms with van der Waals surface area (Å²) in [6.45, 7) is 4.22. The van der Waals surface area contributed by atoms with E-state index in [0.717, 1.165) is 31.7 Å². The first-order valence-electron chi connectivity index (χ1n) is 6.24. The predicted molar refractivity (Wildman–Crippen MR) is 68.5 cm³/mol. The molecule has 0 spiro atoms. The zero-order valence-electron chi connectivity index (χ0n) is 10.6. The van der Waals surface area contributed by atoms with E-state index in [-0.39, 0.29) is 12.7 Å². The number of likely N-dealkylation sites (N-methyl/N-ethyl adjacent to an activating group) is 1. The molecule has 0 aliphatic carbocycles. The number of rotatable bonds is 5. The van der Waals surface area contributed by atoms with Gasteiger partial charge in [-0.2, -0.15) is 0 Å². The summed E-state index contributed by atoms with van der Waals surface area (Å²) in [4.78, 5) is 2.22. The van der Waals surface area contributed by atoms with Gasteiger partial charge in [-0.1, -0.05) is 17.7 Å². The van der Waals surface area contributed by atoms with E-state index in [1.807, 2.05) is 0 Å². The molecule has 2 rings (SSSR count). The minimum Gasteiger partial charge on any atom is -0.488 e. The Hall–Kier alpha value is -1.06. The van der Waals surface area contributed by atoms with Gasteiger partial charge in [0.25, 0.3) is 0 Å². The fourth-order valence-corrected chi connectivity index (χ4v) is 2.33. The van der Waals surface area contributed by atoms with Gasteiger partial charge in [0, 0.05) is 26.1 Å². The second-order valence-corrected chi connectivity index (χ2v) is 4.89. The van der Waals surface area contributed by atoms with Crippen LogP contribution in [-0.4, -0.2) is 42.9 Å². The molecule has 17 heavy (non-hydrogen) atoms.